The molecule has 1 rings (SSSR count). The summed E-state index contributed by atoms with van der Waals surface area (Å²) in [5, 5.41) is 0. The van der Waals surface area contributed by atoms with Crippen molar-refractivity contribution in [3.05, 3.63) is 0 Å². The Balaban J connectivity index is 2.35. The molecule has 4 nitrogen and oxygen atoms in total. The fourth-order valence-electron chi connectivity index (χ4n) is 1.87. The largest absolute Gasteiger partial charge is 0.383 e. The van der Waals surface area contributed by atoms with E-state index in [0.29, 0.717) is 18.6 Å². The molecule has 2 N–H and O–H groups in total. The van der Waals surface area contributed by atoms with E-state index in [1.165, 1.54) is 0 Å². The quantitative estimate of drug-likeness (QED) is 0.694. The van der Waals surface area contributed by atoms with Crippen LogP contribution in [0.15, 0.2) is 0 Å². The van der Waals surface area contributed by atoms with Gasteiger partial charge in [-0.2, -0.15) is 0 Å². The van der Waals surface area contributed by atoms with E-state index in [0.717, 1.165) is 26.3 Å². The minimum atomic E-state index is 0.203. The van der Waals surface area contributed by atoms with E-state index >= 15 is 0 Å². The topological polar surface area (TPSA) is 47.7 Å². The summed E-state index contributed by atoms with van der Waals surface area (Å²) in [6.07, 6.45) is 0. The maximum Gasteiger partial charge on any atom is 0.0621 e. The van der Waals surface area contributed by atoms with Gasteiger partial charge in [0.05, 0.1) is 19.8 Å². The lowest BCUT2D eigenvalue weighted by Gasteiger charge is -2.29. The highest BCUT2D eigenvalue weighted by Gasteiger charge is 2.27. The van der Waals surface area contributed by atoms with Gasteiger partial charge in [0.15, 0.2) is 0 Å². The highest BCUT2D eigenvalue weighted by molar-refractivity contribution is 4.81. The Morgan fingerprint density at radius 3 is 2.67 bits per heavy atom. The van der Waals surface area contributed by atoms with Gasteiger partial charge in [-0.15, -0.1) is 0 Å². The third-order valence-corrected chi connectivity index (χ3v) is 3.03. The fraction of sp³-hybridized carbons (Fsp3) is 1.00. The van der Waals surface area contributed by atoms with E-state index in [9.17, 15) is 0 Å². The Bertz CT molecular complexity index is 176. The second kappa shape index (κ2) is 6.43. The average Bonchev–Trinajstić information content (AvgIpc) is 2.58. The minimum absolute atomic E-state index is 0.203. The van der Waals surface area contributed by atoms with Crippen LogP contribution in [0.1, 0.15) is 13.8 Å². The highest BCUT2D eigenvalue weighted by atomic mass is 16.5. The van der Waals surface area contributed by atoms with Crippen molar-refractivity contribution in [3.63, 3.8) is 0 Å². The predicted molar refractivity (Wildman–Crippen MR) is 60.9 cm³/mol. The lowest BCUT2D eigenvalue weighted by molar-refractivity contribution is 0.109. The molecule has 0 aromatic rings. The molecule has 0 aromatic carbocycles. The molecule has 0 aromatic heterocycles. The van der Waals surface area contributed by atoms with Crippen molar-refractivity contribution in [2.24, 2.45) is 11.7 Å². The molecule has 15 heavy (non-hydrogen) atoms. The average molecular weight is 216 g/mol. The standard InChI is InChI=1S/C11H24N2O2/c1-9(2)13(4-5-14-3)6-10-7-15-8-11(10)12/h9-11H,4-8,12H2,1-3H3. The van der Waals surface area contributed by atoms with Gasteiger partial charge in [-0.25, -0.2) is 0 Å². The molecule has 1 saturated heterocycles. The maximum atomic E-state index is 5.97. The number of ether oxygens (including phenoxy) is 2. The van der Waals surface area contributed by atoms with Gasteiger partial charge in [-0.05, 0) is 13.8 Å². The van der Waals surface area contributed by atoms with Gasteiger partial charge in [0.25, 0.3) is 0 Å². The molecule has 2 atom stereocenters. The molecule has 2 unspecified atom stereocenters. The van der Waals surface area contributed by atoms with Crippen LogP contribution >= 0.6 is 0 Å². The number of nitrogens with two attached hydrogens (primary N) is 1. The second-order valence-electron chi connectivity index (χ2n) is 4.54. The zero-order valence-corrected chi connectivity index (χ0v) is 10.1. The van der Waals surface area contributed by atoms with Crippen molar-refractivity contribution in [3.8, 4) is 0 Å². The van der Waals surface area contributed by atoms with Crippen molar-refractivity contribution >= 4 is 0 Å². The number of hydrogen-bond donors (Lipinski definition) is 1. The number of nitrogens with zero attached hydrogens (tertiary/aromatic N) is 1. The van der Waals surface area contributed by atoms with E-state index in [1.54, 1.807) is 7.11 Å². The Kier molecular flexibility index (Phi) is 5.53. The van der Waals surface area contributed by atoms with Crippen LogP contribution in [0.3, 0.4) is 0 Å². The molecule has 0 radical (unpaired) electrons. The number of hydrogen-bond acceptors (Lipinski definition) is 4. The molecular weight excluding hydrogens is 192 g/mol. The maximum absolute atomic E-state index is 5.97. The molecule has 0 spiro atoms. The van der Waals surface area contributed by atoms with Crippen molar-refractivity contribution in [2.45, 2.75) is 25.9 Å². The Morgan fingerprint density at radius 1 is 1.47 bits per heavy atom. The molecule has 0 saturated carbocycles. The van der Waals surface area contributed by atoms with E-state index in [2.05, 4.69) is 18.7 Å². The van der Waals surface area contributed by atoms with Crippen LogP contribution in [0.25, 0.3) is 0 Å². The molecule has 1 aliphatic heterocycles. The second-order valence-corrected chi connectivity index (χ2v) is 4.54. The first kappa shape index (κ1) is 12.9. The van der Waals surface area contributed by atoms with Gasteiger partial charge >= 0.3 is 0 Å². The first-order valence-corrected chi connectivity index (χ1v) is 5.71. The van der Waals surface area contributed by atoms with Crippen molar-refractivity contribution in [2.75, 3.05) is 40.0 Å². The van der Waals surface area contributed by atoms with Gasteiger partial charge in [0.1, 0.15) is 0 Å². The van der Waals surface area contributed by atoms with Gasteiger partial charge in [0.2, 0.25) is 0 Å². The zero-order chi connectivity index (χ0) is 11.3. The predicted octanol–water partition coefficient (Wildman–Crippen LogP) is 0.317. The molecule has 0 amide bonds. The first-order chi connectivity index (χ1) is 7.15. The van der Waals surface area contributed by atoms with Crippen molar-refractivity contribution in [1.29, 1.82) is 0 Å². The summed E-state index contributed by atoms with van der Waals surface area (Å²) < 4.78 is 10.5. The number of methoxy groups -OCH3 is 1. The van der Waals surface area contributed by atoms with Gasteiger partial charge < -0.3 is 15.2 Å². The summed E-state index contributed by atoms with van der Waals surface area (Å²) in [5.41, 5.74) is 5.97. The summed E-state index contributed by atoms with van der Waals surface area (Å²) in [5.74, 6) is 0.476. The smallest absolute Gasteiger partial charge is 0.0621 e. The molecule has 1 heterocycles. The van der Waals surface area contributed by atoms with Crippen LogP contribution in [0.5, 0.6) is 0 Å². The van der Waals surface area contributed by atoms with Crippen LogP contribution in [-0.2, 0) is 9.47 Å². The molecule has 90 valence electrons. The van der Waals surface area contributed by atoms with Gasteiger partial charge in [0, 0.05) is 38.2 Å². The zero-order valence-electron chi connectivity index (χ0n) is 10.1. The van der Waals surface area contributed by atoms with Gasteiger partial charge in [-0.3, -0.25) is 4.90 Å². The lowest BCUT2D eigenvalue weighted by atomic mass is 10.0. The summed E-state index contributed by atoms with van der Waals surface area (Å²) in [4.78, 5) is 2.41. The SMILES string of the molecule is COCCN(CC1COCC1N)C(C)C. The van der Waals surface area contributed by atoms with E-state index < -0.39 is 0 Å². The summed E-state index contributed by atoms with van der Waals surface area (Å²) in [6, 6.07) is 0.738. The summed E-state index contributed by atoms with van der Waals surface area (Å²) in [7, 11) is 1.74. The van der Waals surface area contributed by atoms with Crippen molar-refractivity contribution < 1.29 is 9.47 Å². The molecule has 0 bridgehead atoms. The Labute approximate surface area is 92.7 Å². The normalized spacial score (nSPS) is 26.8. The molecule has 1 fully saturated rings. The molecule has 4 heteroatoms. The summed E-state index contributed by atoms with van der Waals surface area (Å²) >= 11 is 0. The van der Waals surface area contributed by atoms with Crippen molar-refractivity contribution in [1.82, 2.24) is 4.90 Å². The van der Waals surface area contributed by atoms with Gasteiger partial charge in [-0.1, -0.05) is 0 Å². The molecule has 0 aliphatic carbocycles. The third-order valence-electron chi connectivity index (χ3n) is 3.03. The molecular formula is C11H24N2O2. The Hall–Kier alpha value is -0.160. The molecule has 1 aliphatic rings. The summed E-state index contributed by atoms with van der Waals surface area (Å²) in [6.45, 7) is 8.69. The fourth-order valence-corrected chi connectivity index (χ4v) is 1.87. The van der Waals surface area contributed by atoms with E-state index in [-0.39, 0.29) is 6.04 Å². The highest BCUT2D eigenvalue weighted by Crippen LogP contribution is 2.14. The Morgan fingerprint density at radius 2 is 2.20 bits per heavy atom. The van der Waals surface area contributed by atoms with Crippen LogP contribution in [0.4, 0.5) is 0 Å². The lowest BCUT2D eigenvalue weighted by Crippen LogP contribution is -2.42. The van der Waals surface area contributed by atoms with Crippen LogP contribution in [-0.4, -0.2) is 57.0 Å². The van der Waals surface area contributed by atoms with Crippen LogP contribution < -0.4 is 5.73 Å². The first-order valence-electron chi connectivity index (χ1n) is 5.71. The minimum Gasteiger partial charge on any atom is -0.383 e. The monoisotopic (exact) mass is 216 g/mol. The van der Waals surface area contributed by atoms with E-state index in [1.807, 2.05) is 0 Å². The van der Waals surface area contributed by atoms with E-state index in [4.69, 9.17) is 15.2 Å². The number of rotatable bonds is 6. The van der Waals surface area contributed by atoms with Crippen LogP contribution in [0, 0.1) is 5.92 Å². The third kappa shape index (κ3) is 4.07. The van der Waals surface area contributed by atoms with Crippen LogP contribution in [0.2, 0.25) is 0 Å².